The number of aliphatic hydroxyl groups excluding tert-OH is 1. The fraction of sp³-hybridized carbons (Fsp3) is 0.938. The Bertz CT molecular complexity index is 183. The van der Waals surface area contributed by atoms with E-state index >= 15 is 0 Å². The van der Waals surface area contributed by atoms with Gasteiger partial charge in [0.2, 0.25) is 0 Å². The van der Waals surface area contributed by atoms with Crippen LogP contribution in [-0.4, -0.2) is 24.3 Å². The van der Waals surface area contributed by atoms with E-state index < -0.39 is 0 Å². The fourth-order valence-corrected chi connectivity index (χ4v) is 2.32. The van der Waals surface area contributed by atoms with E-state index in [0.29, 0.717) is 6.47 Å². The maximum atomic E-state index is 10.1. The van der Waals surface area contributed by atoms with E-state index in [1.54, 1.807) is 0 Å². The molecule has 0 aliphatic heterocycles. The Labute approximate surface area is 118 Å². The normalized spacial score (nSPS) is 12.3. The van der Waals surface area contributed by atoms with Crippen LogP contribution in [0.25, 0.3) is 0 Å². The molecule has 0 aromatic heterocycles. The van der Waals surface area contributed by atoms with Crippen LogP contribution >= 0.6 is 0 Å². The maximum absolute atomic E-state index is 10.1. The molecular weight excluding hydrogens is 240 g/mol. The Hall–Kier alpha value is -0.570. The summed E-state index contributed by atoms with van der Waals surface area (Å²) in [6.07, 6.45) is 14.9. The highest BCUT2D eigenvalue weighted by atomic mass is 16.5. The summed E-state index contributed by atoms with van der Waals surface area (Å²) in [5.74, 6) is 0. The van der Waals surface area contributed by atoms with Crippen molar-refractivity contribution in [1.29, 1.82) is 0 Å². The Kier molecular flexibility index (Phi) is 15.0. The van der Waals surface area contributed by atoms with Crippen LogP contribution in [0.5, 0.6) is 0 Å². The lowest BCUT2D eigenvalue weighted by atomic mass is 10.0. The number of aliphatic hydroxyl groups is 1. The molecule has 0 aromatic rings. The smallest absolute Gasteiger partial charge is 0.293 e. The first kappa shape index (κ1) is 18.4. The van der Waals surface area contributed by atoms with Gasteiger partial charge in [-0.2, -0.15) is 0 Å². The summed E-state index contributed by atoms with van der Waals surface area (Å²) >= 11 is 0. The lowest BCUT2D eigenvalue weighted by Crippen LogP contribution is -2.16. The molecule has 1 unspecified atom stereocenters. The monoisotopic (exact) mass is 272 g/mol. The van der Waals surface area contributed by atoms with E-state index in [4.69, 9.17) is 9.84 Å². The fourth-order valence-electron chi connectivity index (χ4n) is 2.32. The van der Waals surface area contributed by atoms with Crippen molar-refractivity contribution in [3.05, 3.63) is 0 Å². The summed E-state index contributed by atoms with van der Waals surface area (Å²) in [6.45, 7) is 2.62. The van der Waals surface area contributed by atoms with Gasteiger partial charge in [0, 0.05) is 0 Å². The summed E-state index contributed by atoms with van der Waals surface area (Å²) in [7, 11) is 0. The third-order valence-electron chi connectivity index (χ3n) is 3.58. The first-order valence-electron chi connectivity index (χ1n) is 8.05. The van der Waals surface area contributed by atoms with E-state index in [1.165, 1.54) is 64.2 Å². The van der Waals surface area contributed by atoms with Gasteiger partial charge in [0.25, 0.3) is 6.47 Å². The van der Waals surface area contributed by atoms with Gasteiger partial charge in [0.1, 0.15) is 6.10 Å². The molecule has 0 rings (SSSR count). The molecule has 0 heterocycles. The predicted octanol–water partition coefficient (Wildman–Crippen LogP) is 4.22. The highest BCUT2D eigenvalue weighted by Crippen LogP contribution is 2.12. The van der Waals surface area contributed by atoms with Crippen molar-refractivity contribution in [2.75, 3.05) is 6.61 Å². The molecule has 0 radical (unpaired) electrons. The van der Waals surface area contributed by atoms with Gasteiger partial charge < -0.3 is 9.84 Å². The summed E-state index contributed by atoms with van der Waals surface area (Å²) in [5, 5.41) is 8.93. The van der Waals surface area contributed by atoms with E-state index in [1.807, 2.05) is 0 Å². The molecule has 3 nitrogen and oxygen atoms in total. The molecule has 0 fully saturated rings. The second kappa shape index (κ2) is 15.5. The van der Waals surface area contributed by atoms with Crippen molar-refractivity contribution < 1.29 is 14.6 Å². The molecule has 1 atom stereocenters. The van der Waals surface area contributed by atoms with E-state index in [9.17, 15) is 4.79 Å². The van der Waals surface area contributed by atoms with Gasteiger partial charge in [0.15, 0.2) is 0 Å². The van der Waals surface area contributed by atoms with Gasteiger partial charge in [-0.25, -0.2) is 0 Å². The minimum atomic E-state index is -0.295. The lowest BCUT2D eigenvalue weighted by molar-refractivity contribution is -0.135. The second-order valence-electron chi connectivity index (χ2n) is 5.36. The van der Waals surface area contributed by atoms with Crippen molar-refractivity contribution in [3.63, 3.8) is 0 Å². The Morgan fingerprint density at radius 3 is 1.79 bits per heavy atom. The van der Waals surface area contributed by atoms with Gasteiger partial charge in [0.05, 0.1) is 6.61 Å². The SMILES string of the molecule is CCCCCCCCCCCCCC(CO)OC=O. The molecular formula is C16H32O3. The largest absolute Gasteiger partial charge is 0.462 e. The van der Waals surface area contributed by atoms with Crippen molar-refractivity contribution in [3.8, 4) is 0 Å². The number of hydrogen-bond acceptors (Lipinski definition) is 3. The molecule has 0 amide bonds. The second-order valence-corrected chi connectivity index (χ2v) is 5.36. The third kappa shape index (κ3) is 13.7. The average Bonchev–Trinajstić information content (AvgIpc) is 2.43. The van der Waals surface area contributed by atoms with Gasteiger partial charge in [-0.1, -0.05) is 71.1 Å². The highest BCUT2D eigenvalue weighted by molar-refractivity contribution is 5.37. The van der Waals surface area contributed by atoms with Crippen molar-refractivity contribution in [2.45, 2.75) is 90.1 Å². The van der Waals surface area contributed by atoms with Crippen LogP contribution in [0, 0.1) is 0 Å². The van der Waals surface area contributed by atoms with Crippen LogP contribution in [-0.2, 0) is 9.53 Å². The summed E-state index contributed by atoms with van der Waals surface area (Å²) in [5.41, 5.74) is 0. The van der Waals surface area contributed by atoms with Crippen LogP contribution in [0.15, 0.2) is 0 Å². The lowest BCUT2D eigenvalue weighted by Gasteiger charge is -2.11. The first-order chi connectivity index (χ1) is 9.35. The maximum Gasteiger partial charge on any atom is 0.293 e. The zero-order valence-corrected chi connectivity index (χ0v) is 12.6. The van der Waals surface area contributed by atoms with Gasteiger partial charge in [-0.15, -0.1) is 0 Å². The topological polar surface area (TPSA) is 46.5 Å². The molecule has 1 N–H and O–H groups in total. The predicted molar refractivity (Wildman–Crippen MR) is 79.1 cm³/mol. The zero-order valence-electron chi connectivity index (χ0n) is 12.6. The zero-order chi connectivity index (χ0) is 14.2. The number of carbonyl (C=O) groups is 1. The Morgan fingerprint density at radius 1 is 0.895 bits per heavy atom. The Balaban J connectivity index is 3.11. The number of rotatable bonds is 15. The molecule has 0 aromatic carbocycles. The number of hydrogen-bond donors (Lipinski definition) is 1. The van der Waals surface area contributed by atoms with Crippen LogP contribution in [0.3, 0.4) is 0 Å². The summed E-state index contributed by atoms with van der Waals surface area (Å²) < 4.78 is 4.75. The van der Waals surface area contributed by atoms with Crippen LogP contribution < -0.4 is 0 Å². The number of unbranched alkanes of at least 4 members (excludes halogenated alkanes) is 10. The van der Waals surface area contributed by atoms with Gasteiger partial charge >= 0.3 is 0 Å². The average molecular weight is 272 g/mol. The van der Waals surface area contributed by atoms with Crippen molar-refractivity contribution in [2.24, 2.45) is 0 Å². The quantitative estimate of drug-likeness (QED) is 0.358. The standard InChI is InChI=1S/C16H32O3/c1-2-3-4-5-6-7-8-9-10-11-12-13-16(14-17)19-15-18/h15-17H,2-14H2,1H3. The summed E-state index contributed by atoms with van der Waals surface area (Å²) in [6, 6.07) is 0. The molecule has 0 saturated carbocycles. The van der Waals surface area contributed by atoms with Crippen molar-refractivity contribution in [1.82, 2.24) is 0 Å². The first-order valence-corrected chi connectivity index (χ1v) is 8.05. The molecule has 19 heavy (non-hydrogen) atoms. The van der Waals surface area contributed by atoms with Crippen LogP contribution in [0.4, 0.5) is 0 Å². The molecule has 114 valence electrons. The molecule has 0 bridgehead atoms. The Morgan fingerprint density at radius 2 is 1.37 bits per heavy atom. The molecule has 0 aliphatic rings. The molecule has 0 spiro atoms. The number of carbonyl (C=O) groups excluding carboxylic acids is 1. The van der Waals surface area contributed by atoms with E-state index in [-0.39, 0.29) is 12.7 Å². The minimum absolute atomic E-state index is 0.0590. The van der Waals surface area contributed by atoms with Gasteiger partial charge in [-0.3, -0.25) is 4.79 Å². The van der Waals surface area contributed by atoms with Gasteiger partial charge in [-0.05, 0) is 12.8 Å². The van der Waals surface area contributed by atoms with E-state index in [0.717, 1.165) is 12.8 Å². The highest BCUT2D eigenvalue weighted by Gasteiger charge is 2.06. The summed E-state index contributed by atoms with van der Waals surface area (Å²) in [4.78, 5) is 10.1. The van der Waals surface area contributed by atoms with Crippen LogP contribution in [0.2, 0.25) is 0 Å². The molecule has 3 heteroatoms. The van der Waals surface area contributed by atoms with Crippen LogP contribution in [0.1, 0.15) is 84.0 Å². The third-order valence-corrected chi connectivity index (χ3v) is 3.58. The minimum Gasteiger partial charge on any atom is -0.462 e. The van der Waals surface area contributed by atoms with Crippen molar-refractivity contribution >= 4 is 6.47 Å². The molecule has 0 saturated heterocycles. The van der Waals surface area contributed by atoms with E-state index in [2.05, 4.69) is 6.92 Å². The molecule has 0 aliphatic carbocycles. The number of ether oxygens (including phenoxy) is 1.